The van der Waals surface area contributed by atoms with Gasteiger partial charge in [0.05, 0.1) is 9.09 Å². The first-order chi connectivity index (χ1) is 8.31. The molecule has 2 heterocycles. The van der Waals surface area contributed by atoms with Crippen LogP contribution in [0.5, 0.6) is 0 Å². The molecule has 0 amide bonds. The van der Waals surface area contributed by atoms with Crippen molar-refractivity contribution in [1.82, 2.24) is 0 Å². The minimum absolute atomic E-state index is 1.23. The molecule has 0 atom stereocenters. The maximum absolute atomic E-state index is 2.24. The molecule has 0 unspecified atom stereocenters. The standard InChI is InChI=1S/C14H18NS2/c1-3-4-11-16-14-9-8-13(17-14)12-7-5-6-10-15(12)2/h5-10H,3-4,11H2,1-2H3/q+1. The summed E-state index contributed by atoms with van der Waals surface area (Å²) in [6.45, 7) is 2.24. The Morgan fingerprint density at radius 3 is 2.88 bits per heavy atom. The van der Waals surface area contributed by atoms with Crippen molar-refractivity contribution in [2.75, 3.05) is 5.75 Å². The van der Waals surface area contributed by atoms with E-state index in [1.54, 1.807) is 0 Å². The van der Waals surface area contributed by atoms with Crippen molar-refractivity contribution in [2.45, 2.75) is 24.0 Å². The molecule has 0 aliphatic heterocycles. The van der Waals surface area contributed by atoms with Gasteiger partial charge in [0.25, 0.3) is 0 Å². The average molecular weight is 264 g/mol. The summed E-state index contributed by atoms with van der Waals surface area (Å²) in [5, 5.41) is 0. The third-order valence-corrected chi connectivity index (χ3v) is 5.05. The molecule has 0 N–H and O–H groups in total. The minimum Gasteiger partial charge on any atom is -0.200 e. The lowest BCUT2D eigenvalue weighted by molar-refractivity contribution is -0.660. The molecule has 0 fully saturated rings. The fourth-order valence-electron chi connectivity index (χ4n) is 1.63. The first-order valence-corrected chi connectivity index (χ1v) is 7.79. The van der Waals surface area contributed by atoms with Gasteiger partial charge in [0.1, 0.15) is 7.05 Å². The number of aromatic nitrogens is 1. The molecule has 0 saturated heterocycles. The summed E-state index contributed by atoms with van der Waals surface area (Å²) in [5.74, 6) is 1.23. The van der Waals surface area contributed by atoms with Gasteiger partial charge in [-0.2, -0.15) is 0 Å². The number of aryl methyl sites for hydroxylation is 1. The molecule has 17 heavy (non-hydrogen) atoms. The van der Waals surface area contributed by atoms with Crippen molar-refractivity contribution < 1.29 is 4.57 Å². The Kier molecular flexibility index (Phi) is 4.63. The molecule has 2 rings (SSSR count). The molecule has 2 aromatic rings. The van der Waals surface area contributed by atoms with E-state index in [1.807, 2.05) is 23.1 Å². The Hall–Kier alpha value is -0.800. The minimum atomic E-state index is 1.23. The van der Waals surface area contributed by atoms with Gasteiger partial charge < -0.3 is 0 Å². The predicted molar refractivity (Wildman–Crippen MR) is 76.6 cm³/mol. The number of nitrogens with zero attached hydrogens (tertiary/aromatic N) is 1. The van der Waals surface area contributed by atoms with Gasteiger partial charge in [-0.25, -0.2) is 4.57 Å². The first-order valence-electron chi connectivity index (χ1n) is 5.99. The first kappa shape index (κ1) is 12.7. The summed E-state index contributed by atoms with van der Waals surface area (Å²) in [7, 11) is 2.10. The quantitative estimate of drug-likeness (QED) is 0.446. The zero-order chi connectivity index (χ0) is 12.1. The van der Waals surface area contributed by atoms with Crippen LogP contribution in [-0.2, 0) is 7.05 Å². The van der Waals surface area contributed by atoms with Crippen LogP contribution in [0.1, 0.15) is 19.8 Å². The molecule has 3 heteroatoms. The molecule has 0 saturated carbocycles. The highest BCUT2D eigenvalue weighted by Gasteiger charge is 2.11. The number of pyridine rings is 1. The van der Waals surface area contributed by atoms with E-state index in [0.717, 1.165) is 0 Å². The summed E-state index contributed by atoms with van der Waals surface area (Å²) < 4.78 is 3.60. The lowest BCUT2D eigenvalue weighted by Gasteiger charge is -1.96. The number of thioether (sulfide) groups is 1. The van der Waals surface area contributed by atoms with Crippen LogP contribution in [-0.4, -0.2) is 5.75 Å². The van der Waals surface area contributed by atoms with E-state index in [-0.39, 0.29) is 0 Å². The maximum Gasteiger partial charge on any atom is 0.222 e. The van der Waals surface area contributed by atoms with Crippen LogP contribution in [0, 0.1) is 0 Å². The van der Waals surface area contributed by atoms with Gasteiger partial charge in [-0.3, -0.25) is 0 Å². The molecule has 0 spiro atoms. The second-order valence-electron chi connectivity index (χ2n) is 4.02. The maximum atomic E-state index is 2.24. The Labute approximate surface area is 112 Å². The summed E-state index contributed by atoms with van der Waals surface area (Å²) in [6, 6.07) is 10.8. The Bertz CT molecular complexity index is 477. The molecule has 2 aromatic heterocycles. The van der Waals surface area contributed by atoms with Crippen LogP contribution in [0.3, 0.4) is 0 Å². The topological polar surface area (TPSA) is 3.88 Å². The second kappa shape index (κ2) is 6.22. The number of rotatable bonds is 5. The van der Waals surface area contributed by atoms with Crippen LogP contribution >= 0.6 is 23.1 Å². The Balaban J connectivity index is 2.10. The lowest BCUT2D eigenvalue weighted by atomic mass is 10.3. The molecular weight excluding hydrogens is 246 g/mol. The van der Waals surface area contributed by atoms with E-state index < -0.39 is 0 Å². The molecular formula is C14H18NS2+. The highest BCUT2D eigenvalue weighted by atomic mass is 32.2. The Morgan fingerprint density at radius 1 is 1.24 bits per heavy atom. The van der Waals surface area contributed by atoms with Crippen molar-refractivity contribution in [3.63, 3.8) is 0 Å². The highest BCUT2D eigenvalue weighted by molar-refractivity contribution is 8.01. The van der Waals surface area contributed by atoms with Crippen LogP contribution in [0.15, 0.2) is 40.7 Å². The van der Waals surface area contributed by atoms with E-state index in [1.165, 1.54) is 33.4 Å². The monoisotopic (exact) mass is 264 g/mol. The predicted octanol–water partition coefficient (Wildman–Crippen LogP) is 4.13. The van der Waals surface area contributed by atoms with Gasteiger partial charge in [0, 0.05) is 12.1 Å². The fourth-order valence-corrected chi connectivity index (χ4v) is 3.99. The van der Waals surface area contributed by atoms with E-state index >= 15 is 0 Å². The third kappa shape index (κ3) is 3.33. The molecule has 1 nitrogen and oxygen atoms in total. The van der Waals surface area contributed by atoms with E-state index in [9.17, 15) is 0 Å². The number of hydrogen-bond donors (Lipinski definition) is 0. The number of unbranched alkanes of at least 4 members (excludes halogenated alkanes) is 1. The summed E-state index contributed by atoms with van der Waals surface area (Å²) in [5.41, 5.74) is 1.29. The zero-order valence-electron chi connectivity index (χ0n) is 10.3. The van der Waals surface area contributed by atoms with E-state index in [2.05, 4.69) is 55.1 Å². The normalized spacial score (nSPS) is 10.7. The van der Waals surface area contributed by atoms with E-state index in [0.29, 0.717) is 0 Å². The molecule has 90 valence electrons. The van der Waals surface area contributed by atoms with Gasteiger partial charge in [0.15, 0.2) is 6.20 Å². The van der Waals surface area contributed by atoms with Crippen LogP contribution < -0.4 is 4.57 Å². The van der Waals surface area contributed by atoms with Crippen molar-refractivity contribution >= 4 is 23.1 Å². The Morgan fingerprint density at radius 2 is 2.12 bits per heavy atom. The van der Waals surface area contributed by atoms with Crippen molar-refractivity contribution in [2.24, 2.45) is 7.05 Å². The highest BCUT2D eigenvalue weighted by Crippen LogP contribution is 2.32. The fraction of sp³-hybridized carbons (Fsp3) is 0.357. The third-order valence-electron chi connectivity index (χ3n) is 2.63. The van der Waals surface area contributed by atoms with Gasteiger partial charge in [-0.1, -0.05) is 13.3 Å². The SMILES string of the molecule is CCCCSc1ccc(-c2cccc[n+]2C)s1. The van der Waals surface area contributed by atoms with E-state index in [4.69, 9.17) is 0 Å². The zero-order valence-corrected chi connectivity index (χ0v) is 12.0. The average Bonchev–Trinajstić information content (AvgIpc) is 2.79. The largest absolute Gasteiger partial charge is 0.222 e. The molecule has 0 aromatic carbocycles. The van der Waals surface area contributed by atoms with Crippen LogP contribution in [0.4, 0.5) is 0 Å². The summed E-state index contributed by atoms with van der Waals surface area (Å²) in [6.07, 6.45) is 4.68. The summed E-state index contributed by atoms with van der Waals surface area (Å²) in [4.78, 5) is 1.35. The number of hydrogen-bond acceptors (Lipinski definition) is 2. The van der Waals surface area contributed by atoms with Crippen molar-refractivity contribution in [1.29, 1.82) is 0 Å². The van der Waals surface area contributed by atoms with Gasteiger partial charge in [0.2, 0.25) is 5.69 Å². The molecule has 0 radical (unpaired) electrons. The molecule has 0 bridgehead atoms. The summed E-state index contributed by atoms with van der Waals surface area (Å²) >= 11 is 3.87. The van der Waals surface area contributed by atoms with Crippen LogP contribution in [0.25, 0.3) is 10.6 Å². The van der Waals surface area contributed by atoms with Crippen molar-refractivity contribution in [3.05, 3.63) is 36.5 Å². The molecule has 0 aliphatic rings. The molecule has 0 aliphatic carbocycles. The van der Waals surface area contributed by atoms with Gasteiger partial charge >= 0.3 is 0 Å². The number of thiophene rings is 1. The van der Waals surface area contributed by atoms with Crippen LogP contribution in [0.2, 0.25) is 0 Å². The second-order valence-corrected chi connectivity index (χ2v) is 6.50. The lowest BCUT2D eigenvalue weighted by Crippen LogP contribution is -2.29. The van der Waals surface area contributed by atoms with Crippen molar-refractivity contribution in [3.8, 4) is 10.6 Å². The smallest absolute Gasteiger partial charge is 0.200 e. The van der Waals surface area contributed by atoms with Gasteiger partial charge in [-0.15, -0.1) is 23.1 Å². The van der Waals surface area contributed by atoms with Gasteiger partial charge in [-0.05, 0) is 30.4 Å².